The molecule has 66 valence electrons. The first-order chi connectivity index (χ1) is 5.04. The Morgan fingerprint density at radius 3 is 2.55 bits per heavy atom. The highest BCUT2D eigenvalue weighted by atomic mass is 35.5. The summed E-state index contributed by atoms with van der Waals surface area (Å²) in [5.74, 6) is 0. The van der Waals surface area contributed by atoms with Gasteiger partial charge >= 0.3 is 7.60 Å². The van der Waals surface area contributed by atoms with E-state index in [1.54, 1.807) is 0 Å². The lowest BCUT2D eigenvalue weighted by Gasteiger charge is -2.10. The van der Waals surface area contributed by atoms with Crippen LogP contribution in [0.25, 0.3) is 0 Å². The van der Waals surface area contributed by atoms with Crippen molar-refractivity contribution in [2.75, 3.05) is 13.5 Å². The lowest BCUT2D eigenvalue weighted by atomic mass is 11.2. The predicted octanol–water partition coefficient (Wildman–Crippen LogP) is 2.07. The number of aliphatic hydroxyl groups is 1. The maximum atomic E-state index is 11.0. The van der Waals surface area contributed by atoms with Crippen LogP contribution < -0.4 is 0 Å². The van der Waals surface area contributed by atoms with E-state index in [0.717, 1.165) is 13.4 Å². The summed E-state index contributed by atoms with van der Waals surface area (Å²) >= 11 is 10.3. The third-order valence-corrected chi connectivity index (χ3v) is 2.26. The van der Waals surface area contributed by atoms with Crippen molar-refractivity contribution in [1.82, 2.24) is 0 Å². The normalized spacial score (nSPS) is 15.3. The molecule has 0 radical (unpaired) electrons. The average Bonchev–Trinajstić information content (AvgIpc) is 2.00. The number of halogens is 2. The summed E-state index contributed by atoms with van der Waals surface area (Å²) in [6.45, 7) is 0. The minimum atomic E-state index is -3.42. The molecule has 1 N–H and O–H groups in total. The van der Waals surface area contributed by atoms with Gasteiger partial charge in [0.05, 0.1) is 0 Å². The van der Waals surface area contributed by atoms with E-state index in [2.05, 4.69) is 9.05 Å². The summed E-state index contributed by atoms with van der Waals surface area (Å²) in [6, 6.07) is 0. The Morgan fingerprint density at radius 2 is 2.27 bits per heavy atom. The van der Waals surface area contributed by atoms with E-state index in [4.69, 9.17) is 28.3 Å². The largest absolute Gasteiger partial charge is 0.428 e. The van der Waals surface area contributed by atoms with E-state index in [0.29, 0.717) is 0 Å². The Morgan fingerprint density at radius 1 is 1.73 bits per heavy atom. The molecule has 1 atom stereocenters. The summed E-state index contributed by atoms with van der Waals surface area (Å²) in [7, 11) is -2.28. The number of rotatable bonds is 4. The molecule has 0 aromatic carbocycles. The van der Waals surface area contributed by atoms with Crippen molar-refractivity contribution in [1.29, 1.82) is 0 Å². The number of hydrogen-bond donors (Lipinski definition) is 1. The molecule has 0 heterocycles. The topological polar surface area (TPSA) is 55.8 Å². The van der Waals surface area contributed by atoms with E-state index < -0.39 is 13.9 Å². The minimum Gasteiger partial charge on any atom is -0.428 e. The number of aliphatic hydroxyl groups excluding tert-OH is 1. The van der Waals surface area contributed by atoms with Gasteiger partial charge in [0, 0.05) is 7.11 Å². The molecular weight excluding hydrogens is 214 g/mol. The second kappa shape index (κ2) is 5.01. The molecular formula is C4H7Cl2O4P. The van der Waals surface area contributed by atoms with Gasteiger partial charge in [-0.25, -0.2) is 4.57 Å². The lowest BCUT2D eigenvalue weighted by molar-refractivity contribution is 0.249. The van der Waals surface area contributed by atoms with Gasteiger partial charge in [-0.05, 0) is 0 Å². The third kappa shape index (κ3) is 4.67. The maximum absolute atomic E-state index is 11.0. The second-order valence-corrected chi connectivity index (χ2v) is 4.54. The maximum Gasteiger partial charge on any atom is 0.403 e. The van der Waals surface area contributed by atoms with Crippen molar-refractivity contribution in [3.8, 4) is 0 Å². The van der Waals surface area contributed by atoms with Gasteiger partial charge in [0.2, 0.25) is 0 Å². The van der Waals surface area contributed by atoms with E-state index in [-0.39, 0.29) is 4.49 Å². The Bertz CT molecular complexity index is 181. The van der Waals surface area contributed by atoms with Gasteiger partial charge in [-0.3, -0.25) is 0 Å². The quantitative estimate of drug-likeness (QED) is 0.583. The molecule has 0 fully saturated rings. The Hall–Kier alpha value is 0.270. The van der Waals surface area contributed by atoms with Crippen LogP contribution in [0.5, 0.6) is 0 Å². The fourth-order valence-electron chi connectivity index (χ4n) is 0.254. The summed E-state index contributed by atoms with van der Waals surface area (Å²) < 4.78 is 19.6. The van der Waals surface area contributed by atoms with E-state index in [1.807, 2.05) is 0 Å². The Balaban J connectivity index is 4.10. The molecule has 0 aliphatic carbocycles. The van der Waals surface area contributed by atoms with Crippen molar-refractivity contribution in [2.24, 2.45) is 0 Å². The van der Waals surface area contributed by atoms with Gasteiger partial charge in [0.25, 0.3) is 0 Å². The molecule has 0 rings (SSSR count). The molecule has 11 heavy (non-hydrogen) atoms. The zero-order chi connectivity index (χ0) is 8.91. The molecule has 0 amide bonds. The minimum absolute atomic E-state index is 0.198. The summed E-state index contributed by atoms with van der Waals surface area (Å²) in [4.78, 5) is 0. The zero-order valence-electron chi connectivity index (χ0n) is 5.66. The summed E-state index contributed by atoms with van der Waals surface area (Å²) in [5, 5.41) is 8.47. The van der Waals surface area contributed by atoms with Gasteiger partial charge in [-0.1, -0.05) is 23.2 Å². The van der Waals surface area contributed by atoms with Crippen LogP contribution in [0.3, 0.4) is 0 Å². The molecule has 1 unspecified atom stereocenters. The SMILES string of the molecule is COP(=O)(CO)OC=C(Cl)Cl. The molecule has 0 aromatic heterocycles. The van der Waals surface area contributed by atoms with Crippen LogP contribution in [0.4, 0.5) is 0 Å². The highest BCUT2D eigenvalue weighted by molar-refractivity contribution is 7.53. The fraction of sp³-hybridized carbons (Fsp3) is 0.500. The average molecular weight is 221 g/mol. The summed E-state index contributed by atoms with van der Waals surface area (Å²) in [6.07, 6.45) is 0.116. The van der Waals surface area contributed by atoms with Crippen molar-refractivity contribution in [3.05, 3.63) is 10.8 Å². The molecule has 0 spiro atoms. The monoisotopic (exact) mass is 220 g/mol. The smallest absolute Gasteiger partial charge is 0.403 e. The van der Waals surface area contributed by atoms with Crippen molar-refractivity contribution >= 4 is 30.8 Å². The Kier molecular flexibility index (Phi) is 5.13. The first-order valence-electron chi connectivity index (χ1n) is 2.49. The molecule has 0 aliphatic rings. The van der Waals surface area contributed by atoms with Gasteiger partial charge in [-0.2, -0.15) is 0 Å². The van der Waals surface area contributed by atoms with Gasteiger partial charge in [0.1, 0.15) is 10.8 Å². The van der Waals surface area contributed by atoms with Crippen molar-refractivity contribution in [3.63, 3.8) is 0 Å². The highest BCUT2D eigenvalue weighted by Gasteiger charge is 2.20. The van der Waals surface area contributed by atoms with Crippen LogP contribution in [0.15, 0.2) is 10.8 Å². The second-order valence-electron chi connectivity index (χ2n) is 1.45. The van der Waals surface area contributed by atoms with Crippen molar-refractivity contribution in [2.45, 2.75) is 0 Å². The van der Waals surface area contributed by atoms with Crippen LogP contribution in [-0.4, -0.2) is 18.6 Å². The molecule has 4 nitrogen and oxygen atoms in total. The first-order valence-corrected chi connectivity index (χ1v) is 4.97. The van der Waals surface area contributed by atoms with Crippen molar-refractivity contribution < 1.29 is 18.7 Å². The van der Waals surface area contributed by atoms with Crippen LogP contribution in [0, 0.1) is 0 Å². The molecule has 0 aliphatic heterocycles. The molecule has 0 saturated carbocycles. The first kappa shape index (κ1) is 11.3. The molecule has 0 bridgehead atoms. The zero-order valence-corrected chi connectivity index (χ0v) is 8.07. The van der Waals surface area contributed by atoms with Crippen LogP contribution in [-0.2, 0) is 13.6 Å². The molecule has 7 heteroatoms. The van der Waals surface area contributed by atoms with Crippen LogP contribution in [0.1, 0.15) is 0 Å². The van der Waals surface area contributed by atoms with Gasteiger partial charge in [0.15, 0.2) is 6.35 Å². The van der Waals surface area contributed by atoms with E-state index >= 15 is 0 Å². The predicted molar refractivity (Wildman–Crippen MR) is 42.6 cm³/mol. The van der Waals surface area contributed by atoms with Gasteiger partial charge in [-0.15, -0.1) is 0 Å². The standard InChI is InChI=1S/C4H7Cl2O4P/c1-9-11(8,3-7)10-2-4(5)6/h2,7H,3H2,1H3. The number of hydrogen-bond acceptors (Lipinski definition) is 4. The van der Waals surface area contributed by atoms with E-state index in [1.165, 1.54) is 0 Å². The van der Waals surface area contributed by atoms with E-state index in [9.17, 15) is 4.57 Å². The Labute approximate surface area is 74.2 Å². The molecule has 0 aromatic rings. The lowest BCUT2D eigenvalue weighted by Crippen LogP contribution is -1.91. The summed E-state index contributed by atoms with van der Waals surface area (Å²) in [5.41, 5.74) is 0. The highest BCUT2D eigenvalue weighted by Crippen LogP contribution is 2.46. The third-order valence-electron chi connectivity index (χ3n) is 0.754. The fourth-order valence-corrected chi connectivity index (χ4v) is 1.00. The van der Waals surface area contributed by atoms with Crippen LogP contribution in [0.2, 0.25) is 0 Å². The van der Waals surface area contributed by atoms with Crippen LogP contribution >= 0.6 is 30.8 Å². The molecule has 0 saturated heterocycles. The van der Waals surface area contributed by atoms with Gasteiger partial charge < -0.3 is 14.2 Å².